The highest BCUT2D eigenvalue weighted by molar-refractivity contribution is 5.67. The molecule has 1 unspecified atom stereocenters. The Hall–Kier alpha value is -0.570. The molecule has 0 aliphatic heterocycles. The standard InChI is InChI=1S/C9H19NO2/c1-7(5-8(11)12)10-6-9(2,3)4/h7,10H,5-6H2,1-4H3,(H,11,12). The van der Waals surface area contributed by atoms with Crippen LogP contribution in [-0.4, -0.2) is 23.7 Å². The van der Waals surface area contributed by atoms with Crippen molar-refractivity contribution in [2.75, 3.05) is 6.54 Å². The van der Waals surface area contributed by atoms with Gasteiger partial charge in [-0.3, -0.25) is 4.79 Å². The molecule has 0 saturated carbocycles. The first kappa shape index (κ1) is 11.4. The largest absolute Gasteiger partial charge is 0.481 e. The topological polar surface area (TPSA) is 49.3 Å². The van der Waals surface area contributed by atoms with Gasteiger partial charge in [-0.05, 0) is 12.3 Å². The molecule has 0 aromatic carbocycles. The van der Waals surface area contributed by atoms with E-state index in [1.807, 2.05) is 6.92 Å². The van der Waals surface area contributed by atoms with E-state index in [0.717, 1.165) is 6.54 Å². The summed E-state index contributed by atoms with van der Waals surface area (Å²) >= 11 is 0. The molecule has 0 amide bonds. The molecule has 2 N–H and O–H groups in total. The van der Waals surface area contributed by atoms with Gasteiger partial charge in [0.15, 0.2) is 0 Å². The lowest BCUT2D eigenvalue weighted by Crippen LogP contribution is -2.35. The van der Waals surface area contributed by atoms with Crippen molar-refractivity contribution in [3.63, 3.8) is 0 Å². The summed E-state index contributed by atoms with van der Waals surface area (Å²) in [5.41, 5.74) is 0.215. The second-order valence-corrected chi connectivity index (χ2v) is 4.44. The van der Waals surface area contributed by atoms with Crippen molar-refractivity contribution in [1.29, 1.82) is 0 Å². The van der Waals surface area contributed by atoms with Crippen LogP contribution in [-0.2, 0) is 4.79 Å². The number of carbonyl (C=O) groups is 1. The molecule has 0 aromatic rings. The van der Waals surface area contributed by atoms with Gasteiger partial charge in [0.05, 0.1) is 6.42 Å². The number of aliphatic carboxylic acids is 1. The number of hydrogen-bond donors (Lipinski definition) is 2. The summed E-state index contributed by atoms with van der Waals surface area (Å²) in [5.74, 6) is -0.746. The van der Waals surface area contributed by atoms with Gasteiger partial charge in [0.2, 0.25) is 0 Å². The van der Waals surface area contributed by atoms with E-state index >= 15 is 0 Å². The van der Waals surface area contributed by atoms with Crippen molar-refractivity contribution < 1.29 is 9.90 Å². The summed E-state index contributed by atoms with van der Waals surface area (Å²) in [4.78, 5) is 10.3. The van der Waals surface area contributed by atoms with E-state index in [9.17, 15) is 4.79 Å². The zero-order valence-electron chi connectivity index (χ0n) is 8.35. The number of hydrogen-bond acceptors (Lipinski definition) is 2. The fourth-order valence-electron chi connectivity index (χ4n) is 0.815. The normalized spacial score (nSPS) is 14.3. The molecule has 1 atom stereocenters. The quantitative estimate of drug-likeness (QED) is 0.677. The van der Waals surface area contributed by atoms with Crippen LogP contribution in [0.5, 0.6) is 0 Å². The van der Waals surface area contributed by atoms with Crippen molar-refractivity contribution in [2.45, 2.75) is 40.2 Å². The van der Waals surface area contributed by atoms with Gasteiger partial charge in [-0.2, -0.15) is 0 Å². The first-order chi connectivity index (χ1) is 5.31. The average Bonchev–Trinajstić information content (AvgIpc) is 1.80. The molecule has 0 fully saturated rings. The Balaban J connectivity index is 3.57. The first-order valence-electron chi connectivity index (χ1n) is 4.26. The lowest BCUT2D eigenvalue weighted by molar-refractivity contribution is -0.137. The lowest BCUT2D eigenvalue weighted by atomic mass is 9.96. The maximum absolute atomic E-state index is 10.3. The average molecular weight is 173 g/mol. The fraction of sp³-hybridized carbons (Fsp3) is 0.889. The molecule has 0 bridgehead atoms. The van der Waals surface area contributed by atoms with Gasteiger partial charge in [-0.15, -0.1) is 0 Å². The number of nitrogens with one attached hydrogen (secondary N) is 1. The van der Waals surface area contributed by atoms with Crippen LogP contribution in [0.2, 0.25) is 0 Å². The number of carboxylic acid groups (broad SMARTS) is 1. The van der Waals surface area contributed by atoms with Gasteiger partial charge >= 0.3 is 5.97 Å². The van der Waals surface area contributed by atoms with E-state index in [4.69, 9.17) is 5.11 Å². The third-order valence-electron chi connectivity index (χ3n) is 1.46. The van der Waals surface area contributed by atoms with Crippen molar-refractivity contribution >= 4 is 5.97 Å². The Bertz CT molecular complexity index is 149. The maximum Gasteiger partial charge on any atom is 0.304 e. The molecule has 12 heavy (non-hydrogen) atoms. The van der Waals surface area contributed by atoms with Crippen molar-refractivity contribution in [3.05, 3.63) is 0 Å². The molecule has 0 rings (SSSR count). The van der Waals surface area contributed by atoms with Gasteiger partial charge in [-0.1, -0.05) is 20.8 Å². The molecule has 0 aromatic heterocycles. The molecule has 3 heteroatoms. The van der Waals surface area contributed by atoms with E-state index in [-0.39, 0.29) is 17.9 Å². The van der Waals surface area contributed by atoms with Gasteiger partial charge in [0, 0.05) is 12.6 Å². The second kappa shape index (κ2) is 4.45. The Morgan fingerprint density at radius 3 is 2.33 bits per heavy atom. The summed E-state index contributed by atoms with van der Waals surface area (Å²) in [6.45, 7) is 9.09. The van der Waals surface area contributed by atoms with Crippen molar-refractivity contribution in [2.24, 2.45) is 5.41 Å². The van der Waals surface area contributed by atoms with E-state index in [0.29, 0.717) is 0 Å². The smallest absolute Gasteiger partial charge is 0.304 e. The summed E-state index contributed by atoms with van der Waals surface area (Å²) in [6.07, 6.45) is 0.191. The molecular weight excluding hydrogens is 154 g/mol. The summed E-state index contributed by atoms with van der Waals surface area (Å²) < 4.78 is 0. The van der Waals surface area contributed by atoms with E-state index in [1.165, 1.54) is 0 Å². The molecule has 0 saturated heterocycles. The monoisotopic (exact) mass is 173 g/mol. The SMILES string of the molecule is CC(CC(=O)O)NCC(C)(C)C. The minimum atomic E-state index is -0.746. The summed E-state index contributed by atoms with van der Waals surface area (Å²) in [5, 5.41) is 11.6. The predicted octanol–water partition coefficient (Wildman–Crippen LogP) is 1.49. The van der Waals surface area contributed by atoms with Crippen molar-refractivity contribution in [3.8, 4) is 0 Å². The fourth-order valence-corrected chi connectivity index (χ4v) is 0.815. The molecule has 0 heterocycles. The lowest BCUT2D eigenvalue weighted by Gasteiger charge is -2.21. The zero-order chi connectivity index (χ0) is 9.78. The molecular formula is C9H19NO2. The molecule has 0 spiro atoms. The molecule has 72 valence electrons. The van der Waals surface area contributed by atoms with Crippen LogP contribution in [0.4, 0.5) is 0 Å². The summed E-state index contributed by atoms with van der Waals surface area (Å²) in [7, 11) is 0. The first-order valence-corrected chi connectivity index (χ1v) is 4.26. The van der Waals surface area contributed by atoms with Gasteiger partial charge in [-0.25, -0.2) is 0 Å². The van der Waals surface area contributed by atoms with Crippen LogP contribution >= 0.6 is 0 Å². The Morgan fingerprint density at radius 2 is 2.00 bits per heavy atom. The zero-order valence-corrected chi connectivity index (χ0v) is 8.35. The van der Waals surface area contributed by atoms with E-state index < -0.39 is 5.97 Å². The highest BCUT2D eigenvalue weighted by Gasteiger charge is 2.12. The Morgan fingerprint density at radius 1 is 1.50 bits per heavy atom. The van der Waals surface area contributed by atoms with Crippen LogP contribution in [0.25, 0.3) is 0 Å². The van der Waals surface area contributed by atoms with Crippen LogP contribution in [0.1, 0.15) is 34.1 Å². The molecule has 0 aliphatic carbocycles. The van der Waals surface area contributed by atoms with Gasteiger partial charge in [0.25, 0.3) is 0 Å². The Kier molecular flexibility index (Phi) is 4.24. The minimum Gasteiger partial charge on any atom is -0.481 e. The molecule has 0 radical (unpaired) electrons. The van der Waals surface area contributed by atoms with Crippen LogP contribution in [0, 0.1) is 5.41 Å². The molecule has 3 nitrogen and oxygen atoms in total. The van der Waals surface area contributed by atoms with Crippen LogP contribution in [0.15, 0.2) is 0 Å². The van der Waals surface area contributed by atoms with Crippen LogP contribution < -0.4 is 5.32 Å². The highest BCUT2D eigenvalue weighted by atomic mass is 16.4. The van der Waals surface area contributed by atoms with Gasteiger partial charge < -0.3 is 10.4 Å². The van der Waals surface area contributed by atoms with Crippen LogP contribution in [0.3, 0.4) is 0 Å². The number of carboxylic acids is 1. The van der Waals surface area contributed by atoms with E-state index in [2.05, 4.69) is 26.1 Å². The summed E-state index contributed by atoms with van der Waals surface area (Å²) in [6, 6.07) is 0.0572. The predicted molar refractivity (Wildman–Crippen MR) is 49.2 cm³/mol. The second-order valence-electron chi connectivity index (χ2n) is 4.44. The van der Waals surface area contributed by atoms with Gasteiger partial charge in [0.1, 0.15) is 0 Å². The maximum atomic E-state index is 10.3. The van der Waals surface area contributed by atoms with Crippen molar-refractivity contribution in [1.82, 2.24) is 5.32 Å². The minimum absolute atomic E-state index is 0.0572. The Labute approximate surface area is 74.2 Å². The molecule has 0 aliphatic rings. The third kappa shape index (κ3) is 7.54. The highest BCUT2D eigenvalue weighted by Crippen LogP contribution is 2.10. The van der Waals surface area contributed by atoms with E-state index in [1.54, 1.807) is 0 Å². The third-order valence-corrected chi connectivity index (χ3v) is 1.46. The number of rotatable bonds is 4.